The van der Waals surface area contributed by atoms with Gasteiger partial charge in [-0.2, -0.15) is 0 Å². The maximum absolute atomic E-state index is 10.8. The highest BCUT2D eigenvalue weighted by Crippen LogP contribution is 2.24. The van der Waals surface area contributed by atoms with Crippen LogP contribution >= 0.6 is 8.19 Å². The van der Waals surface area contributed by atoms with E-state index in [1.807, 2.05) is 24.3 Å². The molecule has 0 aliphatic rings. The van der Waals surface area contributed by atoms with Crippen LogP contribution < -0.4 is 0 Å². The van der Waals surface area contributed by atoms with Gasteiger partial charge in [-0.15, -0.1) is 0 Å². The summed E-state index contributed by atoms with van der Waals surface area (Å²) in [5.74, 6) is 1.44. The predicted octanol–water partition coefficient (Wildman–Crippen LogP) is 2.96. The zero-order valence-electron chi connectivity index (χ0n) is 5.69. The monoisotopic (exact) mass is 162 g/mol. The van der Waals surface area contributed by atoms with Gasteiger partial charge in [0.05, 0.1) is 5.52 Å². The highest BCUT2D eigenvalue weighted by molar-refractivity contribution is 7.36. The van der Waals surface area contributed by atoms with E-state index in [9.17, 15) is 5.11 Å². The molecule has 0 saturated heterocycles. The van der Waals surface area contributed by atoms with Gasteiger partial charge in [-0.1, -0.05) is 20.3 Å². The number of fused-ring (bicyclic) bond motifs is 1. The standard InChI is InChI=1S/C8H5NOP/c10-8-5-11-7-4-2-1-3-6(7)9-8/h1-5H. The number of benzene rings is 1. The molecule has 1 aromatic heterocycles. The Morgan fingerprint density at radius 2 is 2.09 bits per heavy atom. The maximum Gasteiger partial charge on any atom is 0.274 e. The first-order chi connectivity index (χ1) is 5.36. The first-order valence-corrected chi connectivity index (χ1v) is 4.21. The summed E-state index contributed by atoms with van der Waals surface area (Å²) < 4.78 is 0. The van der Waals surface area contributed by atoms with Gasteiger partial charge in [0.1, 0.15) is 0 Å². The molecule has 2 nitrogen and oxygen atoms in total. The topological polar surface area (TPSA) is 32.8 Å². The van der Waals surface area contributed by atoms with Crippen LogP contribution in [-0.4, -0.2) is 4.98 Å². The minimum atomic E-state index is -0.134. The molecule has 1 heterocycles. The normalized spacial score (nSPS) is 10.9. The summed E-state index contributed by atoms with van der Waals surface area (Å²) in [6.45, 7) is 0. The average Bonchev–Trinajstić information content (AvgIpc) is 2.04. The molecule has 2 aromatic rings. The van der Waals surface area contributed by atoms with Gasteiger partial charge >= 0.3 is 0 Å². The molecule has 0 aliphatic carbocycles. The Morgan fingerprint density at radius 3 is 3.00 bits per heavy atom. The zero-order chi connectivity index (χ0) is 7.68. The van der Waals surface area contributed by atoms with Gasteiger partial charge in [-0.25, -0.2) is 4.98 Å². The first-order valence-electron chi connectivity index (χ1n) is 3.25. The highest BCUT2D eigenvalue weighted by atomic mass is 31.0. The molecule has 0 N–H and O–H groups in total. The van der Waals surface area contributed by atoms with Crippen LogP contribution in [0.5, 0.6) is 5.88 Å². The van der Waals surface area contributed by atoms with Crippen LogP contribution in [-0.2, 0) is 5.11 Å². The van der Waals surface area contributed by atoms with Crippen molar-refractivity contribution in [2.24, 2.45) is 0 Å². The second-order valence-electron chi connectivity index (χ2n) is 2.20. The van der Waals surface area contributed by atoms with Crippen molar-refractivity contribution in [3.05, 3.63) is 30.1 Å². The molecule has 0 atom stereocenters. The lowest BCUT2D eigenvalue weighted by Gasteiger charge is -1.92. The third kappa shape index (κ3) is 1.17. The highest BCUT2D eigenvalue weighted by Gasteiger charge is 1.95. The fourth-order valence-corrected chi connectivity index (χ4v) is 1.68. The molecule has 0 bridgehead atoms. The molecular formula is C8H5NOP. The summed E-state index contributed by atoms with van der Waals surface area (Å²) in [5, 5.41) is 11.9. The van der Waals surface area contributed by atoms with Crippen molar-refractivity contribution in [2.75, 3.05) is 0 Å². The lowest BCUT2D eigenvalue weighted by Crippen LogP contribution is -1.72. The Hall–Kier alpha value is -1.14. The Morgan fingerprint density at radius 1 is 1.27 bits per heavy atom. The maximum atomic E-state index is 10.8. The van der Waals surface area contributed by atoms with Crippen molar-refractivity contribution >= 4 is 18.8 Å². The van der Waals surface area contributed by atoms with Crippen molar-refractivity contribution in [2.45, 2.75) is 0 Å². The molecule has 0 unspecified atom stereocenters. The van der Waals surface area contributed by atoms with E-state index in [1.54, 1.807) is 5.80 Å². The van der Waals surface area contributed by atoms with Crippen molar-refractivity contribution in [1.29, 1.82) is 0 Å². The largest absolute Gasteiger partial charge is 0.274 e. The van der Waals surface area contributed by atoms with E-state index in [1.165, 1.54) is 0 Å². The van der Waals surface area contributed by atoms with Gasteiger partial charge < -0.3 is 0 Å². The van der Waals surface area contributed by atoms with E-state index in [0.717, 1.165) is 18.8 Å². The molecular weight excluding hydrogens is 157 g/mol. The number of aromatic nitrogens is 1. The van der Waals surface area contributed by atoms with Crippen LogP contribution in [0.4, 0.5) is 0 Å². The number of rotatable bonds is 0. The van der Waals surface area contributed by atoms with E-state index in [0.29, 0.717) is 0 Å². The number of para-hydroxylation sites is 1. The molecule has 2 rings (SSSR count). The molecule has 0 aliphatic heterocycles. The van der Waals surface area contributed by atoms with Crippen LogP contribution in [0.3, 0.4) is 0 Å². The van der Waals surface area contributed by atoms with E-state index in [-0.39, 0.29) is 5.88 Å². The third-order valence-electron chi connectivity index (χ3n) is 1.43. The number of hydrogen-bond donors (Lipinski definition) is 0. The molecule has 1 aromatic carbocycles. The molecule has 0 amide bonds. The summed E-state index contributed by atoms with van der Waals surface area (Å²) in [4.78, 5) is 3.84. The summed E-state index contributed by atoms with van der Waals surface area (Å²) in [5.41, 5.74) is 0.807. The van der Waals surface area contributed by atoms with Gasteiger partial charge in [-0.05, 0) is 12.1 Å². The van der Waals surface area contributed by atoms with Gasteiger partial charge in [0.2, 0.25) is 0 Å². The average molecular weight is 162 g/mol. The fraction of sp³-hybridized carbons (Fsp3) is 0. The fourth-order valence-electron chi connectivity index (χ4n) is 0.940. The molecule has 11 heavy (non-hydrogen) atoms. The molecule has 0 spiro atoms. The minimum absolute atomic E-state index is 0.134. The summed E-state index contributed by atoms with van der Waals surface area (Å²) >= 11 is 0. The SMILES string of the molecule is [O]c1cpc2ccccc2n1. The summed E-state index contributed by atoms with van der Waals surface area (Å²) in [6, 6.07) is 7.66. The predicted molar refractivity (Wildman–Crippen MR) is 44.4 cm³/mol. The molecule has 53 valence electrons. The van der Waals surface area contributed by atoms with Crippen LogP contribution in [0.1, 0.15) is 0 Å². The van der Waals surface area contributed by atoms with Gasteiger partial charge in [0, 0.05) is 10.9 Å². The Labute approximate surface area is 65.6 Å². The van der Waals surface area contributed by atoms with Crippen molar-refractivity contribution in [1.82, 2.24) is 4.98 Å². The van der Waals surface area contributed by atoms with Crippen LogP contribution in [0.15, 0.2) is 30.1 Å². The Bertz CT molecular complexity index is 389. The minimum Gasteiger partial charge on any atom is -0.267 e. The van der Waals surface area contributed by atoms with Crippen molar-refractivity contribution in [3.8, 4) is 5.88 Å². The van der Waals surface area contributed by atoms with E-state index in [4.69, 9.17) is 0 Å². The smallest absolute Gasteiger partial charge is 0.267 e. The quantitative estimate of drug-likeness (QED) is 0.586. The van der Waals surface area contributed by atoms with Crippen LogP contribution in [0.2, 0.25) is 0 Å². The first kappa shape index (κ1) is 6.56. The summed E-state index contributed by atoms with van der Waals surface area (Å²) in [7, 11) is 0.957. The molecule has 1 radical (unpaired) electrons. The van der Waals surface area contributed by atoms with Gasteiger partial charge in [0.15, 0.2) is 0 Å². The van der Waals surface area contributed by atoms with E-state index >= 15 is 0 Å². The second-order valence-corrected chi connectivity index (χ2v) is 3.20. The van der Waals surface area contributed by atoms with E-state index < -0.39 is 0 Å². The van der Waals surface area contributed by atoms with Gasteiger partial charge in [-0.3, -0.25) is 5.11 Å². The molecule has 3 heteroatoms. The Balaban J connectivity index is 2.83. The van der Waals surface area contributed by atoms with E-state index in [2.05, 4.69) is 4.98 Å². The van der Waals surface area contributed by atoms with Crippen LogP contribution in [0, 0.1) is 0 Å². The van der Waals surface area contributed by atoms with Gasteiger partial charge in [0.25, 0.3) is 5.88 Å². The third-order valence-corrected chi connectivity index (χ3v) is 2.43. The Kier molecular flexibility index (Phi) is 1.48. The van der Waals surface area contributed by atoms with Crippen molar-refractivity contribution < 1.29 is 5.11 Å². The summed E-state index contributed by atoms with van der Waals surface area (Å²) in [6.07, 6.45) is 0. The second kappa shape index (κ2) is 2.48. The number of hydrogen-bond acceptors (Lipinski definition) is 1. The lowest BCUT2D eigenvalue weighted by atomic mass is 10.3. The van der Waals surface area contributed by atoms with Crippen molar-refractivity contribution in [3.63, 3.8) is 0 Å². The molecule has 0 saturated carbocycles. The zero-order valence-corrected chi connectivity index (χ0v) is 6.58. The molecule has 0 fully saturated rings. The lowest BCUT2D eigenvalue weighted by molar-refractivity contribution is 0.340. The number of nitrogens with zero attached hydrogens (tertiary/aromatic N) is 1. The van der Waals surface area contributed by atoms with Crippen LogP contribution in [0.25, 0.3) is 10.6 Å².